The second-order valence-corrected chi connectivity index (χ2v) is 8.69. The maximum Gasteiger partial charge on any atom is 0.246 e. The SMILES string of the molecule is CS(=O)(=O)N1CCO[C@H]2CCN(C(=O)/C=C/c3cccs3)C[C@@H]21. The number of thiophene rings is 1. The highest BCUT2D eigenvalue weighted by Crippen LogP contribution is 2.25. The van der Waals surface area contributed by atoms with Crippen LogP contribution in [0.2, 0.25) is 0 Å². The van der Waals surface area contributed by atoms with Crippen molar-refractivity contribution in [2.75, 3.05) is 32.5 Å². The van der Waals surface area contributed by atoms with Gasteiger partial charge in [-0.15, -0.1) is 11.3 Å². The average Bonchev–Trinajstić information content (AvgIpc) is 3.04. The summed E-state index contributed by atoms with van der Waals surface area (Å²) >= 11 is 1.57. The number of piperidine rings is 1. The lowest BCUT2D eigenvalue weighted by atomic mass is 10.0. The summed E-state index contributed by atoms with van der Waals surface area (Å²) in [6.07, 6.45) is 5.11. The van der Waals surface area contributed by atoms with Gasteiger partial charge in [0.15, 0.2) is 0 Å². The standard InChI is InChI=1S/C15H20N2O4S2/c1-23(19,20)17-8-9-21-14-6-7-16(11-13(14)17)15(18)5-4-12-3-2-10-22-12/h2-5,10,13-14H,6-9,11H2,1H3/b5-4+/t13-,14-/m0/s1. The topological polar surface area (TPSA) is 66.9 Å². The van der Waals surface area contributed by atoms with E-state index in [-0.39, 0.29) is 18.1 Å². The molecule has 0 radical (unpaired) electrons. The Bertz CT molecular complexity index is 684. The zero-order valence-electron chi connectivity index (χ0n) is 12.9. The molecule has 0 saturated carbocycles. The number of sulfonamides is 1. The van der Waals surface area contributed by atoms with Crippen molar-refractivity contribution in [2.24, 2.45) is 0 Å². The molecule has 8 heteroatoms. The second-order valence-electron chi connectivity index (χ2n) is 5.77. The molecule has 1 aromatic heterocycles. The van der Waals surface area contributed by atoms with Gasteiger partial charge in [-0.25, -0.2) is 8.42 Å². The smallest absolute Gasteiger partial charge is 0.246 e. The molecular formula is C15H20N2O4S2. The number of nitrogens with zero attached hydrogens (tertiary/aromatic N) is 2. The van der Waals surface area contributed by atoms with Crippen LogP contribution in [0.3, 0.4) is 0 Å². The van der Waals surface area contributed by atoms with Gasteiger partial charge in [0.05, 0.1) is 25.0 Å². The molecule has 0 bridgehead atoms. The third kappa shape index (κ3) is 3.82. The van der Waals surface area contributed by atoms with E-state index in [1.807, 2.05) is 17.5 Å². The molecule has 126 valence electrons. The highest BCUT2D eigenvalue weighted by atomic mass is 32.2. The third-order valence-electron chi connectivity index (χ3n) is 4.20. The predicted molar refractivity (Wildman–Crippen MR) is 89.6 cm³/mol. The summed E-state index contributed by atoms with van der Waals surface area (Å²) in [5.74, 6) is -0.0872. The minimum Gasteiger partial charge on any atom is -0.375 e. The van der Waals surface area contributed by atoms with E-state index in [1.54, 1.807) is 28.4 Å². The van der Waals surface area contributed by atoms with Crippen LogP contribution in [0.25, 0.3) is 6.08 Å². The molecule has 23 heavy (non-hydrogen) atoms. The number of hydrogen-bond acceptors (Lipinski definition) is 5. The predicted octanol–water partition coefficient (Wildman–Crippen LogP) is 1.02. The molecule has 3 heterocycles. The number of hydrogen-bond donors (Lipinski definition) is 0. The zero-order chi connectivity index (χ0) is 16.4. The number of fused-ring (bicyclic) bond motifs is 1. The summed E-state index contributed by atoms with van der Waals surface area (Å²) in [7, 11) is -3.29. The second kappa shape index (κ2) is 6.72. The van der Waals surface area contributed by atoms with E-state index in [9.17, 15) is 13.2 Å². The number of amides is 1. The van der Waals surface area contributed by atoms with E-state index < -0.39 is 10.0 Å². The first kappa shape index (κ1) is 16.6. The quantitative estimate of drug-likeness (QED) is 0.759. The van der Waals surface area contributed by atoms with Crippen molar-refractivity contribution in [3.8, 4) is 0 Å². The fraction of sp³-hybridized carbons (Fsp3) is 0.533. The molecule has 0 unspecified atom stereocenters. The Morgan fingerprint density at radius 2 is 2.26 bits per heavy atom. The van der Waals surface area contributed by atoms with Gasteiger partial charge in [-0.3, -0.25) is 4.79 Å². The Morgan fingerprint density at radius 3 is 2.96 bits per heavy atom. The summed E-state index contributed by atoms with van der Waals surface area (Å²) in [6, 6.07) is 3.59. The van der Waals surface area contributed by atoms with Gasteiger partial charge in [-0.05, 0) is 23.9 Å². The number of carbonyl (C=O) groups is 1. The highest BCUT2D eigenvalue weighted by Gasteiger charge is 2.41. The van der Waals surface area contributed by atoms with Gasteiger partial charge in [0.25, 0.3) is 0 Å². The zero-order valence-corrected chi connectivity index (χ0v) is 14.6. The van der Waals surface area contributed by atoms with Crippen molar-refractivity contribution in [3.63, 3.8) is 0 Å². The van der Waals surface area contributed by atoms with Crippen molar-refractivity contribution >= 4 is 33.3 Å². The van der Waals surface area contributed by atoms with Crippen LogP contribution in [-0.2, 0) is 19.6 Å². The van der Waals surface area contributed by atoms with Gasteiger partial charge in [-0.2, -0.15) is 4.31 Å². The van der Waals surface area contributed by atoms with Crippen LogP contribution in [0.1, 0.15) is 11.3 Å². The molecule has 0 N–H and O–H groups in total. The summed E-state index contributed by atoms with van der Waals surface area (Å²) in [5, 5.41) is 1.96. The summed E-state index contributed by atoms with van der Waals surface area (Å²) in [5.41, 5.74) is 0. The molecule has 2 atom stereocenters. The molecule has 0 spiro atoms. The van der Waals surface area contributed by atoms with Gasteiger partial charge in [0.1, 0.15) is 0 Å². The number of likely N-dealkylation sites (tertiary alicyclic amines) is 1. The molecule has 6 nitrogen and oxygen atoms in total. The van der Waals surface area contributed by atoms with Gasteiger partial charge >= 0.3 is 0 Å². The van der Waals surface area contributed by atoms with Crippen LogP contribution in [0, 0.1) is 0 Å². The Labute approximate surface area is 140 Å². The van der Waals surface area contributed by atoms with Gasteiger partial charge in [0, 0.05) is 30.6 Å². The number of ether oxygens (including phenoxy) is 1. The largest absolute Gasteiger partial charge is 0.375 e. The maximum absolute atomic E-state index is 12.4. The first-order valence-corrected chi connectivity index (χ1v) is 10.3. The first-order valence-electron chi connectivity index (χ1n) is 7.54. The number of carbonyl (C=O) groups excluding carboxylic acids is 1. The van der Waals surface area contributed by atoms with Crippen LogP contribution in [0.4, 0.5) is 0 Å². The molecular weight excluding hydrogens is 336 g/mol. The first-order chi connectivity index (χ1) is 10.9. The van der Waals surface area contributed by atoms with Crippen LogP contribution in [-0.4, -0.2) is 68.2 Å². The molecule has 1 amide bonds. The molecule has 2 fully saturated rings. The van der Waals surface area contributed by atoms with E-state index >= 15 is 0 Å². The van der Waals surface area contributed by atoms with E-state index in [0.29, 0.717) is 32.7 Å². The summed E-state index contributed by atoms with van der Waals surface area (Å²) in [4.78, 5) is 15.1. The summed E-state index contributed by atoms with van der Waals surface area (Å²) < 4.78 is 31.1. The van der Waals surface area contributed by atoms with Crippen molar-refractivity contribution < 1.29 is 17.9 Å². The van der Waals surface area contributed by atoms with Crippen molar-refractivity contribution in [3.05, 3.63) is 28.5 Å². The molecule has 2 aliphatic rings. The van der Waals surface area contributed by atoms with Crippen LogP contribution < -0.4 is 0 Å². The molecule has 2 saturated heterocycles. The minimum absolute atomic E-state index is 0.0872. The molecule has 1 aromatic rings. The van der Waals surface area contributed by atoms with Crippen molar-refractivity contribution in [1.29, 1.82) is 0 Å². The third-order valence-corrected chi connectivity index (χ3v) is 6.35. The van der Waals surface area contributed by atoms with Crippen LogP contribution >= 0.6 is 11.3 Å². The molecule has 0 aliphatic carbocycles. The average molecular weight is 356 g/mol. The van der Waals surface area contributed by atoms with Crippen molar-refractivity contribution in [2.45, 2.75) is 18.6 Å². The lowest BCUT2D eigenvalue weighted by Gasteiger charge is -2.45. The van der Waals surface area contributed by atoms with E-state index in [2.05, 4.69) is 0 Å². The Hall–Kier alpha value is -1.22. The lowest BCUT2D eigenvalue weighted by molar-refractivity contribution is -0.133. The molecule has 3 rings (SSSR count). The van der Waals surface area contributed by atoms with Crippen LogP contribution in [0.15, 0.2) is 23.6 Å². The maximum atomic E-state index is 12.4. The van der Waals surface area contributed by atoms with E-state index in [4.69, 9.17) is 4.74 Å². The van der Waals surface area contributed by atoms with Gasteiger partial charge < -0.3 is 9.64 Å². The lowest BCUT2D eigenvalue weighted by Crippen LogP contribution is -2.61. The summed E-state index contributed by atoms with van der Waals surface area (Å²) in [6.45, 7) is 1.74. The fourth-order valence-electron chi connectivity index (χ4n) is 3.10. The Morgan fingerprint density at radius 1 is 1.43 bits per heavy atom. The monoisotopic (exact) mass is 356 g/mol. The van der Waals surface area contributed by atoms with E-state index in [1.165, 1.54) is 10.6 Å². The number of rotatable bonds is 3. The minimum atomic E-state index is -3.29. The number of morpholine rings is 1. The van der Waals surface area contributed by atoms with Crippen LogP contribution in [0.5, 0.6) is 0 Å². The molecule has 0 aromatic carbocycles. The fourth-order valence-corrected chi connectivity index (χ4v) is 4.82. The van der Waals surface area contributed by atoms with E-state index in [0.717, 1.165) is 4.88 Å². The molecule has 2 aliphatic heterocycles. The van der Waals surface area contributed by atoms with Crippen molar-refractivity contribution in [1.82, 2.24) is 9.21 Å². The van der Waals surface area contributed by atoms with Gasteiger partial charge in [-0.1, -0.05) is 6.07 Å². The normalized spacial score (nSPS) is 26.4. The highest BCUT2D eigenvalue weighted by molar-refractivity contribution is 7.88. The van der Waals surface area contributed by atoms with Gasteiger partial charge in [0.2, 0.25) is 15.9 Å². The Balaban J connectivity index is 1.70. The Kier molecular flexibility index (Phi) is 4.86.